The second-order valence-electron chi connectivity index (χ2n) is 7.51. The van der Waals surface area contributed by atoms with E-state index in [1.165, 1.54) is 0 Å². The Morgan fingerprint density at radius 2 is 1.16 bits per heavy atom. The number of para-hydroxylation sites is 1. The van der Waals surface area contributed by atoms with Crippen molar-refractivity contribution in [3.8, 4) is 33.9 Å². The zero-order valence-corrected chi connectivity index (χ0v) is 17.6. The molecule has 5 heteroatoms. The number of halogens is 1. The van der Waals surface area contributed by atoms with Crippen LogP contribution in [0.3, 0.4) is 0 Å². The Hall–Kier alpha value is -4.02. The van der Waals surface area contributed by atoms with Crippen molar-refractivity contribution >= 4 is 33.5 Å². The highest BCUT2D eigenvalue weighted by molar-refractivity contribution is 6.28. The second-order valence-corrected chi connectivity index (χ2v) is 7.85. The summed E-state index contributed by atoms with van der Waals surface area (Å²) in [6.45, 7) is 0. The van der Waals surface area contributed by atoms with Crippen LogP contribution in [0.4, 0.5) is 0 Å². The Morgan fingerprint density at radius 3 is 2.00 bits per heavy atom. The predicted octanol–water partition coefficient (Wildman–Crippen LogP) is 7.43. The van der Waals surface area contributed by atoms with Gasteiger partial charge in [-0.05, 0) is 47.0 Å². The summed E-state index contributed by atoms with van der Waals surface area (Å²) in [6, 6.07) is 32.3. The van der Waals surface area contributed by atoms with Crippen LogP contribution >= 0.6 is 11.6 Å². The van der Waals surface area contributed by atoms with E-state index in [2.05, 4.69) is 40.3 Å². The van der Waals surface area contributed by atoms with Crippen LogP contribution < -0.4 is 0 Å². The fraction of sp³-hybridized carbons (Fsp3) is 0. The van der Waals surface area contributed by atoms with Crippen LogP contribution in [-0.4, -0.2) is 15.0 Å². The van der Waals surface area contributed by atoms with Crippen LogP contribution in [0.1, 0.15) is 0 Å². The van der Waals surface area contributed by atoms with Crippen molar-refractivity contribution in [3.05, 3.63) is 102 Å². The SMILES string of the molecule is Clc1nc(-c2cccc(-c3ccccc3)c2)nc(-c2ccc3c(c2)oc2ccccc23)n1. The molecule has 0 aliphatic carbocycles. The third kappa shape index (κ3) is 3.31. The Kier molecular flexibility index (Phi) is 4.44. The molecule has 0 bridgehead atoms. The molecular formula is C27H16ClN3O. The molecule has 2 aromatic heterocycles. The molecule has 0 amide bonds. The van der Waals surface area contributed by atoms with E-state index in [4.69, 9.17) is 21.0 Å². The minimum Gasteiger partial charge on any atom is -0.456 e. The molecule has 4 aromatic carbocycles. The van der Waals surface area contributed by atoms with E-state index < -0.39 is 0 Å². The van der Waals surface area contributed by atoms with Crippen molar-refractivity contribution in [3.63, 3.8) is 0 Å². The van der Waals surface area contributed by atoms with Gasteiger partial charge in [0.05, 0.1) is 0 Å². The van der Waals surface area contributed by atoms with Gasteiger partial charge in [-0.1, -0.05) is 72.8 Å². The molecule has 0 aliphatic heterocycles. The summed E-state index contributed by atoms with van der Waals surface area (Å²) in [5.41, 5.74) is 5.55. The molecule has 6 rings (SSSR count). The number of hydrogen-bond donors (Lipinski definition) is 0. The van der Waals surface area contributed by atoms with Gasteiger partial charge in [0.25, 0.3) is 0 Å². The van der Waals surface area contributed by atoms with E-state index in [1.807, 2.05) is 66.7 Å². The number of nitrogens with zero attached hydrogens (tertiary/aromatic N) is 3. The van der Waals surface area contributed by atoms with Crippen LogP contribution in [-0.2, 0) is 0 Å². The monoisotopic (exact) mass is 433 g/mol. The molecule has 32 heavy (non-hydrogen) atoms. The van der Waals surface area contributed by atoms with Gasteiger partial charge < -0.3 is 4.42 Å². The maximum absolute atomic E-state index is 6.30. The van der Waals surface area contributed by atoms with Gasteiger partial charge in [-0.2, -0.15) is 9.97 Å². The Morgan fingerprint density at radius 1 is 0.500 bits per heavy atom. The lowest BCUT2D eigenvalue weighted by molar-refractivity contribution is 0.669. The van der Waals surface area contributed by atoms with E-state index in [9.17, 15) is 0 Å². The first-order valence-electron chi connectivity index (χ1n) is 10.2. The van der Waals surface area contributed by atoms with Gasteiger partial charge in [-0.15, -0.1) is 0 Å². The van der Waals surface area contributed by atoms with Gasteiger partial charge >= 0.3 is 0 Å². The van der Waals surface area contributed by atoms with Crippen LogP contribution in [0.5, 0.6) is 0 Å². The number of benzene rings is 4. The van der Waals surface area contributed by atoms with E-state index >= 15 is 0 Å². The van der Waals surface area contributed by atoms with Gasteiger partial charge in [0.15, 0.2) is 11.6 Å². The first-order valence-corrected chi connectivity index (χ1v) is 10.6. The Labute approximate surface area is 189 Å². The standard InChI is InChI=1S/C27H16ClN3O/c28-27-30-25(19-10-6-9-18(15-19)17-7-2-1-3-8-17)29-26(31-27)20-13-14-22-21-11-4-5-12-23(21)32-24(22)16-20/h1-16H. The predicted molar refractivity (Wildman–Crippen MR) is 128 cm³/mol. The highest BCUT2D eigenvalue weighted by atomic mass is 35.5. The third-order valence-corrected chi connectivity index (χ3v) is 5.64. The Bertz CT molecular complexity index is 1590. The van der Waals surface area contributed by atoms with Crippen LogP contribution in [0.2, 0.25) is 5.28 Å². The van der Waals surface area contributed by atoms with E-state index in [-0.39, 0.29) is 5.28 Å². The van der Waals surface area contributed by atoms with E-state index in [0.717, 1.165) is 44.2 Å². The largest absolute Gasteiger partial charge is 0.456 e. The van der Waals surface area contributed by atoms with Crippen molar-refractivity contribution in [1.29, 1.82) is 0 Å². The minimum absolute atomic E-state index is 0.153. The molecule has 0 unspecified atom stereocenters. The summed E-state index contributed by atoms with van der Waals surface area (Å²) in [7, 11) is 0. The lowest BCUT2D eigenvalue weighted by Gasteiger charge is -2.07. The molecule has 0 atom stereocenters. The molecule has 0 fully saturated rings. The quantitative estimate of drug-likeness (QED) is 0.291. The second kappa shape index (κ2) is 7.59. The summed E-state index contributed by atoms with van der Waals surface area (Å²) in [5, 5.41) is 2.29. The Balaban J connectivity index is 1.45. The molecule has 0 saturated heterocycles. The molecule has 0 saturated carbocycles. The normalized spacial score (nSPS) is 11.3. The summed E-state index contributed by atoms with van der Waals surface area (Å²) in [5.74, 6) is 1.04. The maximum atomic E-state index is 6.30. The molecule has 6 aromatic rings. The number of fused-ring (bicyclic) bond motifs is 3. The number of hydrogen-bond acceptors (Lipinski definition) is 4. The third-order valence-electron chi connectivity index (χ3n) is 5.47. The molecule has 0 N–H and O–H groups in total. The molecule has 0 spiro atoms. The van der Waals surface area contributed by atoms with Crippen LogP contribution in [0.25, 0.3) is 55.8 Å². The molecule has 2 heterocycles. The summed E-state index contributed by atoms with van der Waals surface area (Å²) in [6.07, 6.45) is 0. The van der Waals surface area contributed by atoms with Crippen molar-refractivity contribution < 1.29 is 4.42 Å². The summed E-state index contributed by atoms with van der Waals surface area (Å²) in [4.78, 5) is 13.5. The van der Waals surface area contributed by atoms with Gasteiger partial charge in [-0.25, -0.2) is 4.98 Å². The molecule has 0 aliphatic rings. The zero-order valence-electron chi connectivity index (χ0n) is 16.9. The topological polar surface area (TPSA) is 51.8 Å². The van der Waals surface area contributed by atoms with Gasteiger partial charge in [0.2, 0.25) is 5.28 Å². The fourth-order valence-electron chi connectivity index (χ4n) is 3.94. The summed E-state index contributed by atoms with van der Waals surface area (Å²) >= 11 is 6.30. The van der Waals surface area contributed by atoms with E-state index in [0.29, 0.717) is 11.6 Å². The minimum atomic E-state index is 0.153. The number of rotatable bonds is 3. The fourth-order valence-corrected chi connectivity index (χ4v) is 4.10. The lowest BCUT2D eigenvalue weighted by Crippen LogP contribution is -1.97. The first kappa shape index (κ1) is 18.7. The summed E-state index contributed by atoms with van der Waals surface area (Å²) < 4.78 is 6.02. The number of aromatic nitrogens is 3. The average Bonchev–Trinajstić information content (AvgIpc) is 3.22. The van der Waals surface area contributed by atoms with Crippen molar-refractivity contribution in [2.24, 2.45) is 0 Å². The highest BCUT2D eigenvalue weighted by Crippen LogP contribution is 2.32. The lowest BCUT2D eigenvalue weighted by atomic mass is 10.0. The molecule has 152 valence electrons. The molecular weight excluding hydrogens is 418 g/mol. The van der Waals surface area contributed by atoms with E-state index in [1.54, 1.807) is 0 Å². The van der Waals surface area contributed by atoms with Crippen LogP contribution in [0.15, 0.2) is 101 Å². The van der Waals surface area contributed by atoms with Gasteiger partial charge in [-0.3, -0.25) is 0 Å². The zero-order chi connectivity index (χ0) is 21.5. The van der Waals surface area contributed by atoms with Crippen molar-refractivity contribution in [2.45, 2.75) is 0 Å². The average molecular weight is 434 g/mol. The van der Waals surface area contributed by atoms with Gasteiger partial charge in [0.1, 0.15) is 11.2 Å². The maximum Gasteiger partial charge on any atom is 0.226 e. The van der Waals surface area contributed by atoms with Gasteiger partial charge in [0, 0.05) is 21.9 Å². The highest BCUT2D eigenvalue weighted by Gasteiger charge is 2.13. The smallest absolute Gasteiger partial charge is 0.226 e. The molecule has 0 radical (unpaired) electrons. The van der Waals surface area contributed by atoms with Crippen LogP contribution in [0, 0.1) is 0 Å². The number of furan rings is 1. The first-order chi connectivity index (χ1) is 15.7. The van der Waals surface area contributed by atoms with Crippen molar-refractivity contribution in [1.82, 2.24) is 15.0 Å². The van der Waals surface area contributed by atoms with Crippen molar-refractivity contribution in [2.75, 3.05) is 0 Å². The molecule has 4 nitrogen and oxygen atoms in total.